The van der Waals surface area contributed by atoms with Crippen LogP contribution in [0.1, 0.15) is 74.1 Å². The molecule has 2 rings (SSSR count). The number of nitrogens with zero attached hydrogens (tertiary/aromatic N) is 3. The number of aliphatic hydroxyl groups excluding tert-OH is 1. The van der Waals surface area contributed by atoms with Crippen LogP contribution in [0.2, 0.25) is 0 Å². The summed E-state index contributed by atoms with van der Waals surface area (Å²) in [4.78, 5) is 24.4. The standard InChI is InChI=1S/C24H37N7O3S.C5H12O/c1-3-12-33-13-15-35-16-14-34-19-9-7-18(8-10-19)6-4-5-11-28-24(27)31-23(32)20-22(26)30-21(25)17(2)29-20;1-2-3-4-5-6/h7-10H,3-6,11-16H2,1-2H3,(H4,25,26,30)(H3,27,28,31,32);6H,2-5H2,1H3. The molecule has 1 aromatic carbocycles. The van der Waals surface area contributed by atoms with Gasteiger partial charge in [-0.2, -0.15) is 11.8 Å². The number of guanidine groups is 1. The van der Waals surface area contributed by atoms with Crippen molar-refractivity contribution >= 4 is 35.3 Å². The van der Waals surface area contributed by atoms with E-state index in [1.165, 1.54) is 12.0 Å². The van der Waals surface area contributed by atoms with Gasteiger partial charge < -0.3 is 31.8 Å². The van der Waals surface area contributed by atoms with Gasteiger partial charge in [0, 0.05) is 31.3 Å². The van der Waals surface area contributed by atoms with Crippen LogP contribution in [0.15, 0.2) is 29.3 Å². The minimum atomic E-state index is -0.568. The number of unbranched alkanes of at least 4 members (excludes halogenated alkanes) is 3. The van der Waals surface area contributed by atoms with E-state index in [9.17, 15) is 4.79 Å². The smallest absolute Gasteiger partial charge is 0.280 e. The van der Waals surface area contributed by atoms with Crippen LogP contribution in [0.25, 0.3) is 0 Å². The molecule has 0 aliphatic carbocycles. The molecule has 0 unspecified atom stereocenters. The molecule has 0 spiro atoms. The summed E-state index contributed by atoms with van der Waals surface area (Å²) < 4.78 is 11.3. The Morgan fingerprint density at radius 3 is 2.37 bits per heavy atom. The first-order chi connectivity index (χ1) is 19.8. The van der Waals surface area contributed by atoms with Crippen molar-refractivity contribution in [3.8, 4) is 5.75 Å². The second kappa shape index (κ2) is 22.6. The summed E-state index contributed by atoms with van der Waals surface area (Å²) in [6, 6.07) is 8.17. The molecule has 1 aromatic heterocycles. The quantitative estimate of drug-likeness (QED) is 0.0972. The number of nitrogens with two attached hydrogens (primary N) is 3. The first kappa shape index (κ1) is 35.9. The van der Waals surface area contributed by atoms with Gasteiger partial charge in [0.05, 0.1) is 18.9 Å². The Balaban J connectivity index is 0.00000126. The van der Waals surface area contributed by atoms with Gasteiger partial charge >= 0.3 is 0 Å². The highest BCUT2D eigenvalue weighted by molar-refractivity contribution is 7.99. The lowest BCUT2D eigenvalue weighted by Gasteiger charge is -2.08. The maximum absolute atomic E-state index is 12.3. The number of hydrogen-bond acceptors (Lipinski definition) is 10. The van der Waals surface area contributed by atoms with Gasteiger partial charge in [-0.05, 0) is 56.7 Å². The fourth-order valence-corrected chi connectivity index (χ4v) is 4.01. The molecule has 0 aliphatic rings. The van der Waals surface area contributed by atoms with Crippen LogP contribution >= 0.6 is 11.8 Å². The third-order valence-electron chi connectivity index (χ3n) is 5.65. The Morgan fingerprint density at radius 2 is 1.71 bits per heavy atom. The van der Waals surface area contributed by atoms with Gasteiger partial charge in [0.15, 0.2) is 17.5 Å². The minimum absolute atomic E-state index is 0.0128. The van der Waals surface area contributed by atoms with E-state index in [2.05, 4.69) is 46.3 Å². The highest BCUT2D eigenvalue weighted by atomic mass is 32.2. The van der Waals surface area contributed by atoms with Crippen molar-refractivity contribution in [3.05, 3.63) is 41.2 Å². The number of aliphatic hydroxyl groups is 1. The molecular formula is C29H49N7O4S. The summed E-state index contributed by atoms with van der Waals surface area (Å²) in [5, 5.41) is 10.7. The lowest BCUT2D eigenvalue weighted by molar-refractivity contribution is 0.0972. The minimum Gasteiger partial charge on any atom is -0.493 e. The largest absolute Gasteiger partial charge is 0.493 e. The first-order valence-corrected chi connectivity index (χ1v) is 15.5. The van der Waals surface area contributed by atoms with Gasteiger partial charge in [0.1, 0.15) is 11.6 Å². The summed E-state index contributed by atoms with van der Waals surface area (Å²) in [6.07, 6.45) is 7.08. The Morgan fingerprint density at radius 1 is 0.976 bits per heavy atom. The average molecular weight is 592 g/mol. The Bertz CT molecular complexity index is 1020. The predicted molar refractivity (Wildman–Crippen MR) is 169 cm³/mol. The molecule has 1 heterocycles. The second-order valence-corrected chi connectivity index (χ2v) is 10.5. The molecule has 0 radical (unpaired) electrons. The van der Waals surface area contributed by atoms with Crippen molar-refractivity contribution in [3.63, 3.8) is 0 Å². The van der Waals surface area contributed by atoms with Gasteiger partial charge in [-0.15, -0.1) is 0 Å². The predicted octanol–water partition coefficient (Wildman–Crippen LogP) is 3.72. The van der Waals surface area contributed by atoms with Gasteiger partial charge in [-0.1, -0.05) is 38.8 Å². The van der Waals surface area contributed by atoms with E-state index in [1.54, 1.807) is 6.92 Å². The van der Waals surface area contributed by atoms with Crippen LogP contribution < -0.4 is 27.3 Å². The molecule has 0 bridgehead atoms. The van der Waals surface area contributed by atoms with E-state index in [-0.39, 0.29) is 23.3 Å². The number of rotatable bonds is 18. The molecule has 0 fully saturated rings. The SMILES string of the molecule is CCCCCO.CCCOCCSCCOc1ccc(CCCCN=C(N)NC(=O)c2nc(C)c(N)nc2N)cc1. The van der Waals surface area contributed by atoms with Crippen molar-refractivity contribution in [2.45, 2.75) is 65.7 Å². The number of anilines is 2. The molecule has 11 nitrogen and oxygen atoms in total. The van der Waals surface area contributed by atoms with E-state index in [0.717, 1.165) is 69.0 Å². The number of thioether (sulfide) groups is 1. The number of benzene rings is 1. The van der Waals surface area contributed by atoms with E-state index >= 15 is 0 Å². The Labute approximate surface area is 249 Å². The van der Waals surface area contributed by atoms with E-state index in [1.807, 2.05) is 23.9 Å². The zero-order valence-electron chi connectivity index (χ0n) is 24.9. The molecule has 2 aromatic rings. The van der Waals surface area contributed by atoms with Crippen molar-refractivity contribution < 1.29 is 19.4 Å². The summed E-state index contributed by atoms with van der Waals surface area (Å²) in [6.45, 7) is 9.04. The first-order valence-electron chi connectivity index (χ1n) is 14.3. The van der Waals surface area contributed by atoms with Crippen molar-refractivity contribution in [2.75, 3.05) is 55.9 Å². The van der Waals surface area contributed by atoms with Crippen LogP contribution in [-0.2, 0) is 11.2 Å². The fourth-order valence-electron chi connectivity index (χ4n) is 3.37. The van der Waals surface area contributed by atoms with Gasteiger partial charge in [-0.25, -0.2) is 9.97 Å². The maximum atomic E-state index is 12.3. The van der Waals surface area contributed by atoms with E-state index in [0.29, 0.717) is 25.5 Å². The lowest BCUT2D eigenvalue weighted by atomic mass is 10.1. The molecule has 1 amide bonds. The topological polar surface area (TPSA) is 184 Å². The van der Waals surface area contributed by atoms with Gasteiger partial charge in [-0.3, -0.25) is 15.1 Å². The zero-order chi connectivity index (χ0) is 30.3. The molecule has 12 heteroatoms. The number of hydrogen-bond donors (Lipinski definition) is 5. The summed E-state index contributed by atoms with van der Waals surface area (Å²) in [5.74, 6) is 2.40. The molecule has 0 atom stereocenters. The number of aliphatic imine (C=N–C) groups is 1. The van der Waals surface area contributed by atoms with E-state index in [4.69, 9.17) is 31.8 Å². The van der Waals surface area contributed by atoms with Crippen molar-refractivity contribution in [2.24, 2.45) is 10.7 Å². The second-order valence-electron chi connectivity index (χ2n) is 9.25. The number of nitrogen functional groups attached to an aromatic ring is 2. The number of carbonyl (C=O) groups is 1. The highest BCUT2D eigenvalue weighted by Crippen LogP contribution is 2.15. The summed E-state index contributed by atoms with van der Waals surface area (Å²) in [5.41, 5.74) is 18.8. The average Bonchev–Trinajstić information content (AvgIpc) is 2.96. The van der Waals surface area contributed by atoms with Crippen molar-refractivity contribution in [1.82, 2.24) is 15.3 Å². The number of aromatic nitrogens is 2. The molecule has 0 saturated carbocycles. The highest BCUT2D eigenvalue weighted by Gasteiger charge is 2.15. The third kappa shape index (κ3) is 16.7. The molecule has 8 N–H and O–H groups in total. The normalized spacial score (nSPS) is 11.1. The number of carbonyl (C=O) groups excluding carboxylic acids is 1. The number of aryl methyl sites for hydroxylation is 2. The van der Waals surface area contributed by atoms with Crippen molar-refractivity contribution in [1.29, 1.82) is 0 Å². The molecule has 0 aliphatic heterocycles. The summed E-state index contributed by atoms with van der Waals surface area (Å²) >= 11 is 1.84. The lowest BCUT2D eigenvalue weighted by Crippen LogP contribution is -2.38. The fraction of sp³-hybridized carbons (Fsp3) is 0.586. The van der Waals surface area contributed by atoms with Crippen LogP contribution in [0.3, 0.4) is 0 Å². The molecule has 0 saturated heterocycles. The van der Waals surface area contributed by atoms with Gasteiger partial charge in [0.2, 0.25) is 0 Å². The van der Waals surface area contributed by atoms with Crippen LogP contribution in [0.5, 0.6) is 5.75 Å². The van der Waals surface area contributed by atoms with Crippen LogP contribution in [-0.4, -0.2) is 71.4 Å². The Hall–Kier alpha value is -3.09. The molecule has 41 heavy (non-hydrogen) atoms. The van der Waals surface area contributed by atoms with Gasteiger partial charge in [0.25, 0.3) is 5.91 Å². The zero-order valence-corrected chi connectivity index (χ0v) is 25.7. The van der Waals surface area contributed by atoms with E-state index < -0.39 is 5.91 Å². The summed E-state index contributed by atoms with van der Waals surface area (Å²) in [7, 11) is 0. The number of nitrogens with one attached hydrogen (secondary N) is 1. The maximum Gasteiger partial charge on any atom is 0.280 e. The molecule has 230 valence electrons. The van der Waals surface area contributed by atoms with Crippen LogP contribution in [0.4, 0.5) is 11.6 Å². The number of amides is 1. The Kier molecular flexibility index (Phi) is 19.8. The molecular weight excluding hydrogens is 542 g/mol. The third-order valence-corrected chi connectivity index (χ3v) is 6.56. The van der Waals surface area contributed by atoms with Crippen LogP contribution in [0, 0.1) is 6.92 Å². The monoisotopic (exact) mass is 591 g/mol. The number of ether oxygens (including phenoxy) is 2.